The predicted molar refractivity (Wildman–Crippen MR) is 113 cm³/mol. The van der Waals surface area contributed by atoms with Crippen molar-refractivity contribution in [2.45, 2.75) is 27.7 Å². The Morgan fingerprint density at radius 1 is 0.643 bits per heavy atom. The molecule has 0 radical (unpaired) electrons. The Morgan fingerprint density at radius 2 is 1.00 bits per heavy atom. The minimum Gasteiger partial charge on any atom is -0.267 e. The second-order valence-electron chi connectivity index (χ2n) is 6.80. The van der Waals surface area contributed by atoms with Gasteiger partial charge in [0, 0.05) is 23.5 Å². The molecule has 6 heteroatoms. The summed E-state index contributed by atoms with van der Waals surface area (Å²) in [4.78, 5) is 24.1. The van der Waals surface area contributed by atoms with E-state index in [2.05, 4.69) is 10.2 Å². The fraction of sp³-hybridized carbons (Fsp3) is 0.182. The topological polar surface area (TPSA) is 68.7 Å². The van der Waals surface area contributed by atoms with Crippen molar-refractivity contribution >= 4 is 12.4 Å². The van der Waals surface area contributed by atoms with Gasteiger partial charge < -0.3 is 0 Å². The monoisotopic (exact) mass is 374 g/mol. The number of rotatable bonds is 4. The van der Waals surface area contributed by atoms with Crippen molar-refractivity contribution in [3.63, 3.8) is 0 Å². The maximum atomic E-state index is 12.0. The maximum Gasteiger partial charge on any atom is 0.271 e. The molecule has 3 rings (SSSR count). The number of hydrogen-bond acceptors (Lipinski definition) is 4. The SMILES string of the molecule is Cc1cc(C)n(N=Cc2ccc(C=Nn3c(C)cc(C)cc3=O)cc2)c(=O)c1. The lowest BCUT2D eigenvalue weighted by molar-refractivity contribution is 0.790. The Kier molecular flexibility index (Phi) is 5.49. The van der Waals surface area contributed by atoms with Crippen molar-refractivity contribution in [2.75, 3.05) is 0 Å². The maximum absolute atomic E-state index is 12.0. The van der Waals surface area contributed by atoms with Crippen LogP contribution in [-0.4, -0.2) is 21.8 Å². The number of nitrogens with zero attached hydrogens (tertiary/aromatic N) is 4. The molecule has 3 aromatic rings. The third-order valence-corrected chi connectivity index (χ3v) is 4.24. The Hall–Kier alpha value is -3.54. The van der Waals surface area contributed by atoms with Crippen molar-refractivity contribution < 1.29 is 0 Å². The number of benzene rings is 1. The highest BCUT2D eigenvalue weighted by molar-refractivity contribution is 5.84. The Balaban J connectivity index is 1.79. The quantitative estimate of drug-likeness (QED) is 0.659. The molecule has 1 aromatic carbocycles. The van der Waals surface area contributed by atoms with Crippen LogP contribution in [-0.2, 0) is 0 Å². The van der Waals surface area contributed by atoms with Crippen molar-refractivity contribution in [1.82, 2.24) is 9.35 Å². The lowest BCUT2D eigenvalue weighted by Gasteiger charge is -2.04. The first kappa shape index (κ1) is 19.2. The predicted octanol–water partition coefficient (Wildman–Crippen LogP) is 3.01. The summed E-state index contributed by atoms with van der Waals surface area (Å²) < 4.78 is 2.74. The lowest BCUT2D eigenvalue weighted by Crippen LogP contribution is -2.18. The molecule has 0 aliphatic rings. The first-order chi connectivity index (χ1) is 13.3. The molecule has 2 heterocycles. The summed E-state index contributed by atoms with van der Waals surface area (Å²) in [6, 6.07) is 14.4. The van der Waals surface area contributed by atoms with Crippen LogP contribution in [0.15, 0.2) is 68.3 Å². The Bertz CT molecular complexity index is 1090. The summed E-state index contributed by atoms with van der Waals surface area (Å²) >= 11 is 0. The van der Waals surface area contributed by atoms with Crippen molar-refractivity contribution in [3.05, 3.63) is 103 Å². The van der Waals surface area contributed by atoms with Crippen LogP contribution in [0.25, 0.3) is 0 Å². The molecule has 0 saturated carbocycles. The van der Waals surface area contributed by atoms with Crippen LogP contribution < -0.4 is 11.1 Å². The summed E-state index contributed by atoms with van der Waals surface area (Å²) in [6.07, 6.45) is 3.28. The minimum atomic E-state index is -0.156. The van der Waals surface area contributed by atoms with Gasteiger partial charge in [-0.25, -0.2) is 9.35 Å². The number of aryl methyl sites for hydroxylation is 4. The van der Waals surface area contributed by atoms with Gasteiger partial charge in [-0.15, -0.1) is 0 Å². The first-order valence-corrected chi connectivity index (χ1v) is 8.93. The van der Waals surface area contributed by atoms with Gasteiger partial charge in [-0.1, -0.05) is 24.3 Å². The van der Waals surface area contributed by atoms with E-state index in [4.69, 9.17) is 0 Å². The third kappa shape index (κ3) is 4.40. The molecule has 0 amide bonds. The van der Waals surface area contributed by atoms with Crippen LogP contribution >= 0.6 is 0 Å². The molecule has 28 heavy (non-hydrogen) atoms. The molecule has 0 spiro atoms. The fourth-order valence-electron chi connectivity index (χ4n) is 2.94. The summed E-state index contributed by atoms with van der Waals surface area (Å²) in [7, 11) is 0. The van der Waals surface area contributed by atoms with Gasteiger partial charge in [-0.05, 0) is 62.1 Å². The molecular weight excluding hydrogens is 352 g/mol. The highest BCUT2D eigenvalue weighted by Gasteiger charge is 2.00. The van der Waals surface area contributed by atoms with Gasteiger partial charge in [0.05, 0.1) is 12.4 Å². The van der Waals surface area contributed by atoms with Crippen LogP contribution in [0.5, 0.6) is 0 Å². The van der Waals surface area contributed by atoms with E-state index in [0.717, 1.165) is 33.6 Å². The van der Waals surface area contributed by atoms with Crippen molar-refractivity contribution in [2.24, 2.45) is 10.2 Å². The molecule has 0 unspecified atom stereocenters. The van der Waals surface area contributed by atoms with Gasteiger partial charge in [-0.3, -0.25) is 9.59 Å². The number of pyridine rings is 2. The van der Waals surface area contributed by atoms with Gasteiger partial charge in [0.1, 0.15) is 0 Å². The van der Waals surface area contributed by atoms with Crippen LogP contribution in [0.3, 0.4) is 0 Å². The lowest BCUT2D eigenvalue weighted by atomic mass is 10.2. The molecule has 142 valence electrons. The molecule has 0 saturated heterocycles. The van der Waals surface area contributed by atoms with Crippen molar-refractivity contribution in [3.8, 4) is 0 Å². The molecule has 0 atom stereocenters. The molecule has 0 aliphatic carbocycles. The average Bonchev–Trinajstić information content (AvgIpc) is 2.61. The van der Waals surface area contributed by atoms with Crippen molar-refractivity contribution in [1.29, 1.82) is 0 Å². The summed E-state index contributed by atoms with van der Waals surface area (Å²) in [6.45, 7) is 7.46. The van der Waals surface area contributed by atoms with E-state index < -0.39 is 0 Å². The van der Waals surface area contributed by atoms with Gasteiger partial charge in [0.15, 0.2) is 0 Å². The van der Waals surface area contributed by atoms with Crippen LogP contribution in [0.2, 0.25) is 0 Å². The zero-order valence-electron chi connectivity index (χ0n) is 16.4. The van der Waals surface area contributed by atoms with Gasteiger partial charge in [0.2, 0.25) is 0 Å². The van der Waals surface area contributed by atoms with E-state index in [0.29, 0.717) is 0 Å². The van der Waals surface area contributed by atoms with E-state index in [9.17, 15) is 9.59 Å². The first-order valence-electron chi connectivity index (χ1n) is 8.93. The van der Waals surface area contributed by atoms with Crippen LogP contribution in [0.4, 0.5) is 0 Å². The van der Waals surface area contributed by atoms with E-state index >= 15 is 0 Å². The Morgan fingerprint density at radius 3 is 1.32 bits per heavy atom. The molecule has 0 fully saturated rings. The molecule has 0 N–H and O–H groups in total. The van der Waals surface area contributed by atoms with Gasteiger partial charge >= 0.3 is 0 Å². The summed E-state index contributed by atoms with van der Waals surface area (Å²) in [5.41, 5.74) is 4.79. The molecule has 0 bridgehead atoms. The zero-order chi connectivity index (χ0) is 20.3. The second kappa shape index (κ2) is 8.00. The van der Waals surface area contributed by atoms with E-state index in [1.165, 1.54) is 9.35 Å². The highest BCUT2D eigenvalue weighted by Crippen LogP contribution is 2.04. The zero-order valence-corrected chi connectivity index (χ0v) is 16.4. The molecular formula is C22H22N4O2. The minimum absolute atomic E-state index is 0.156. The molecule has 2 aromatic heterocycles. The van der Waals surface area contributed by atoms with E-state index in [1.54, 1.807) is 24.6 Å². The van der Waals surface area contributed by atoms with Gasteiger partial charge in [-0.2, -0.15) is 10.2 Å². The van der Waals surface area contributed by atoms with Gasteiger partial charge in [0.25, 0.3) is 11.1 Å². The molecule has 6 nitrogen and oxygen atoms in total. The average molecular weight is 374 g/mol. The Labute approximate surface area is 163 Å². The largest absolute Gasteiger partial charge is 0.271 e. The smallest absolute Gasteiger partial charge is 0.267 e. The second-order valence-corrected chi connectivity index (χ2v) is 6.80. The number of aromatic nitrogens is 2. The van der Waals surface area contributed by atoms with E-state index in [1.807, 2.05) is 64.1 Å². The molecule has 0 aliphatic heterocycles. The van der Waals surface area contributed by atoms with Crippen LogP contribution in [0, 0.1) is 27.7 Å². The third-order valence-electron chi connectivity index (χ3n) is 4.24. The standard InChI is InChI=1S/C22H22N4O2/c1-15-9-17(3)25(21(27)11-15)23-13-19-5-7-20(8-6-19)14-24-26-18(4)10-16(2)12-22(26)28/h5-14H,1-4H3. The highest BCUT2D eigenvalue weighted by atomic mass is 16.1. The van der Waals surface area contributed by atoms with E-state index in [-0.39, 0.29) is 11.1 Å². The fourth-order valence-corrected chi connectivity index (χ4v) is 2.94. The summed E-state index contributed by atoms with van der Waals surface area (Å²) in [5, 5.41) is 8.54. The van der Waals surface area contributed by atoms with Crippen LogP contribution in [0.1, 0.15) is 33.6 Å². The normalized spacial score (nSPS) is 11.6. The summed E-state index contributed by atoms with van der Waals surface area (Å²) in [5.74, 6) is 0. The number of hydrogen-bond donors (Lipinski definition) is 0.